The number of ether oxygens (including phenoxy) is 1. The summed E-state index contributed by atoms with van der Waals surface area (Å²) in [6.07, 6.45) is 7.12. The van der Waals surface area contributed by atoms with E-state index in [1.807, 2.05) is 13.0 Å². The summed E-state index contributed by atoms with van der Waals surface area (Å²) in [6.45, 7) is 5.97. The number of rotatable bonds is 1. The summed E-state index contributed by atoms with van der Waals surface area (Å²) in [5, 5.41) is 0. The van der Waals surface area contributed by atoms with Crippen molar-refractivity contribution in [3.8, 4) is 0 Å². The predicted molar refractivity (Wildman–Crippen MR) is 90.6 cm³/mol. The van der Waals surface area contributed by atoms with Gasteiger partial charge in [-0.25, -0.2) is 4.39 Å². The molecule has 1 aliphatic heterocycles. The zero-order chi connectivity index (χ0) is 17.8. The standard InChI is InChI=1S/C21H25FO3/c1-11(23)13-4-5-14-15-9-17(22)16-8-12(24)6-7-20(16,3)21(15)18(25-21)10-19(13,14)2/h6-8,13-15,17-18H,4-5,9-10H2,1-3H3/t13-,14+,15+,17+,18+,19-,20+,21-/m1/s1. The molecule has 0 unspecified atom stereocenters. The van der Waals surface area contributed by atoms with E-state index >= 15 is 4.39 Å². The molecule has 0 aromatic carbocycles. The molecule has 8 atom stereocenters. The first-order valence-corrected chi connectivity index (χ1v) is 9.51. The highest BCUT2D eigenvalue weighted by Crippen LogP contribution is 2.75. The van der Waals surface area contributed by atoms with E-state index in [1.165, 1.54) is 6.08 Å². The van der Waals surface area contributed by atoms with Crippen molar-refractivity contribution in [2.45, 2.75) is 64.3 Å². The maximum atomic E-state index is 15.2. The van der Waals surface area contributed by atoms with E-state index in [0.717, 1.165) is 19.3 Å². The molecule has 0 aromatic heterocycles. The van der Waals surface area contributed by atoms with Gasteiger partial charge in [-0.1, -0.05) is 13.0 Å². The van der Waals surface area contributed by atoms with E-state index in [1.54, 1.807) is 13.0 Å². The minimum Gasteiger partial charge on any atom is -0.364 e. The smallest absolute Gasteiger partial charge is 0.178 e. The Morgan fingerprint density at radius 1 is 1.28 bits per heavy atom. The molecule has 1 saturated heterocycles. The zero-order valence-electron chi connectivity index (χ0n) is 15.0. The first kappa shape index (κ1) is 15.9. The Morgan fingerprint density at radius 2 is 2.04 bits per heavy atom. The minimum absolute atomic E-state index is 0.0671. The van der Waals surface area contributed by atoms with E-state index in [-0.39, 0.29) is 40.5 Å². The fraction of sp³-hybridized carbons (Fsp3) is 0.714. The number of Topliss-reactive ketones (excluding diaryl/α,β-unsaturated/α-hetero) is 1. The summed E-state index contributed by atoms with van der Waals surface area (Å²) in [4.78, 5) is 24.0. The van der Waals surface area contributed by atoms with Crippen LogP contribution < -0.4 is 0 Å². The van der Waals surface area contributed by atoms with Gasteiger partial charge in [0.25, 0.3) is 0 Å². The number of carbonyl (C=O) groups is 2. The van der Waals surface area contributed by atoms with Crippen molar-refractivity contribution < 1.29 is 18.7 Å². The van der Waals surface area contributed by atoms with Crippen molar-refractivity contribution in [1.29, 1.82) is 0 Å². The lowest BCUT2D eigenvalue weighted by Crippen LogP contribution is -2.59. The van der Waals surface area contributed by atoms with Crippen LogP contribution in [0.4, 0.5) is 4.39 Å². The van der Waals surface area contributed by atoms with Gasteiger partial charge >= 0.3 is 0 Å². The average Bonchev–Trinajstić information content (AvgIpc) is 3.15. The van der Waals surface area contributed by atoms with Gasteiger partial charge in [-0.15, -0.1) is 0 Å². The molecular weight excluding hydrogens is 319 g/mol. The number of alkyl halides is 1. The molecular formula is C21H25FO3. The van der Waals surface area contributed by atoms with Crippen LogP contribution in [0.1, 0.15) is 46.5 Å². The number of ketones is 2. The van der Waals surface area contributed by atoms with Gasteiger partial charge in [0.2, 0.25) is 0 Å². The van der Waals surface area contributed by atoms with Crippen LogP contribution in [0.15, 0.2) is 23.8 Å². The van der Waals surface area contributed by atoms with Gasteiger partial charge in [0, 0.05) is 11.3 Å². The number of hydrogen-bond acceptors (Lipinski definition) is 3. The molecule has 0 bridgehead atoms. The van der Waals surface area contributed by atoms with Gasteiger partial charge in [-0.2, -0.15) is 0 Å². The SMILES string of the molecule is CC(=O)[C@H]1CC[C@H]2[C@@H]3C[C@H](F)C4=CC(=O)C=C[C@]4(C)[C@@]34O[C@H]4C[C@]12C. The normalized spacial score (nSPS) is 55.6. The third kappa shape index (κ3) is 1.66. The molecule has 134 valence electrons. The van der Waals surface area contributed by atoms with Gasteiger partial charge < -0.3 is 4.74 Å². The first-order valence-electron chi connectivity index (χ1n) is 9.51. The monoisotopic (exact) mass is 344 g/mol. The molecule has 4 fully saturated rings. The topological polar surface area (TPSA) is 46.7 Å². The fourth-order valence-corrected chi connectivity index (χ4v) is 7.30. The summed E-state index contributed by atoms with van der Waals surface area (Å²) in [5.74, 6) is 0.658. The van der Waals surface area contributed by atoms with Crippen molar-refractivity contribution in [2.24, 2.45) is 28.6 Å². The third-order valence-electron chi connectivity index (χ3n) is 8.41. The molecule has 3 saturated carbocycles. The van der Waals surface area contributed by atoms with Crippen LogP contribution in [0.5, 0.6) is 0 Å². The molecule has 25 heavy (non-hydrogen) atoms. The number of halogens is 1. The van der Waals surface area contributed by atoms with Crippen LogP contribution in [0.25, 0.3) is 0 Å². The van der Waals surface area contributed by atoms with Crippen LogP contribution in [0, 0.1) is 28.6 Å². The highest BCUT2D eigenvalue weighted by Gasteiger charge is 2.80. The molecule has 0 radical (unpaired) electrons. The summed E-state index contributed by atoms with van der Waals surface area (Å²) in [5.41, 5.74) is -0.395. The molecule has 1 spiro atoms. The predicted octanol–water partition coefficient (Wildman–Crippen LogP) is 3.58. The highest BCUT2D eigenvalue weighted by molar-refractivity contribution is 6.01. The van der Waals surface area contributed by atoms with Crippen molar-refractivity contribution in [2.75, 3.05) is 0 Å². The molecule has 3 nitrogen and oxygen atoms in total. The minimum atomic E-state index is -1.10. The Hall–Kier alpha value is -1.29. The summed E-state index contributed by atoms with van der Waals surface area (Å²) < 4.78 is 21.5. The molecule has 1 heterocycles. The van der Waals surface area contributed by atoms with E-state index < -0.39 is 11.6 Å². The van der Waals surface area contributed by atoms with E-state index in [4.69, 9.17) is 4.74 Å². The zero-order valence-corrected chi connectivity index (χ0v) is 15.0. The van der Waals surface area contributed by atoms with E-state index in [2.05, 4.69) is 6.92 Å². The lowest BCUT2D eigenvalue weighted by atomic mass is 9.47. The molecule has 0 amide bonds. The molecule has 4 heteroatoms. The van der Waals surface area contributed by atoms with Crippen LogP contribution in [0.2, 0.25) is 0 Å². The second-order valence-corrected chi connectivity index (χ2v) is 9.30. The number of epoxide rings is 1. The number of fused-ring (bicyclic) bond motifs is 3. The fourth-order valence-electron chi connectivity index (χ4n) is 7.30. The van der Waals surface area contributed by atoms with Crippen LogP contribution in [0.3, 0.4) is 0 Å². The van der Waals surface area contributed by atoms with Crippen LogP contribution >= 0.6 is 0 Å². The molecule has 4 aliphatic carbocycles. The van der Waals surface area contributed by atoms with E-state index in [9.17, 15) is 9.59 Å². The largest absolute Gasteiger partial charge is 0.364 e. The molecule has 5 aliphatic rings. The maximum absolute atomic E-state index is 15.2. The van der Waals surface area contributed by atoms with Gasteiger partial charge in [0.15, 0.2) is 5.78 Å². The van der Waals surface area contributed by atoms with Gasteiger partial charge in [-0.05, 0) is 74.5 Å². The first-order chi connectivity index (χ1) is 11.7. The lowest BCUT2D eigenvalue weighted by molar-refractivity contribution is -0.126. The van der Waals surface area contributed by atoms with E-state index in [0.29, 0.717) is 17.9 Å². The third-order valence-corrected chi connectivity index (χ3v) is 8.41. The van der Waals surface area contributed by atoms with Crippen LogP contribution in [-0.2, 0) is 14.3 Å². The highest BCUT2D eigenvalue weighted by atomic mass is 19.1. The average molecular weight is 344 g/mol. The summed E-state index contributed by atoms with van der Waals surface area (Å²) >= 11 is 0. The number of carbonyl (C=O) groups excluding carboxylic acids is 2. The van der Waals surface area contributed by atoms with Crippen molar-refractivity contribution >= 4 is 11.6 Å². The summed E-state index contributed by atoms with van der Waals surface area (Å²) in [6, 6.07) is 0. The van der Waals surface area contributed by atoms with Crippen LogP contribution in [-0.4, -0.2) is 29.4 Å². The van der Waals surface area contributed by atoms with Gasteiger partial charge in [0.05, 0.1) is 6.10 Å². The van der Waals surface area contributed by atoms with Gasteiger partial charge in [-0.3, -0.25) is 9.59 Å². The van der Waals surface area contributed by atoms with Gasteiger partial charge in [0.1, 0.15) is 17.6 Å². The Morgan fingerprint density at radius 3 is 2.76 bits per heavy atom. The van der Waals surface area contributed by atoms with Crippen molar-refractivity contribution in [3.05, 3.63) is 23.8 Å². The van der Waals surface area contributed by atoms with Crippen molar-refractivity contribution in [1.82, 2.24) is 0 Å². The molecule has 5 rings (SSSR count). The Labute approximate surface area is 147 Å². The maximum Gasteiger partial charge on any atom is 0.178 e. The van der Waals surface area contributed by atoms with Crippen molar-refractivity contribution in [3.63, 3.8) is 0 Å². The number of allylic oxidation sites excluding steroid dienone is 2. The molecule has 0 aromatic rings. The second-order valence-electron chi connectivity index (χ2n) is 9.30. The quantitative estimate of drug-likeness (QED) is 0.683. The Kier molecular flexibility index (Phi) is 2.87. The Balaban J connectivity index is 1.61. The lowest BCUT2D eigenvalue weighted by Gasteiger charge is -2.55. The Bertz CT molecular complexity index is 754. The second kappa shape index (κ2) is 4.51. The summed E-state index contributed by atoms with van der Waals surface area (Å²) in [7, 11) is 0. The number of hydrogen-bond donors (Lipinski definition) is 0. The molecule has 0 N–H and O–H groups in total.